The summed E-state index contributed by atoms with van der Waals surface area (Å²) in [6.07, 6.45) is 1.50. The van der Waals surface area contributed by atoms with Crippen LogP contribution in [0.25, 0.3) is 0 Å². The van der Waals surface area contributed by atoms with Gasteiger partial charge in [-0.25, -0.2) is 9.59 Å². The van der Waals surface area contributed by atoms with Crippen LogP contribution in [0.4, 0.5) is 0 Å². The Morgan fingerprint density at radius 1 is 0.963 bits per heavy atom. The highest BCUT2D eigenvalue weighted by molar-refractivity contribution is 5.95. The molecule has 0 radical (unpaired) electrons. The molecule has 1 rings (SSSR count). The number of carbonyl (C=O) groups excluding carboxylic acids is 2. The lowest BCUT2D eigenvalue weighted by Gasteiger charge is -2.21. The van der Waals surface area contributed by atoms with E-state index in [0.29, 0.717) is 24.3 Å². The molecule has 0 fully saturated rings. The summed E-state index contributed by atoms with van der Waals surface area (Å²) in [5, 5.41) is 3.01. The Morgan fingerprint density at radius 2 is 1.48 bits per heavy atom. The second-order valence-electron chi connectivity index (χ2n) is 7.93. The summed E-state index contributed by atoms with van der Waals surface area (Å²) in [5.41, 5.74) is 1.46. The average molecular weight is 379 g/mol. The number of esters is 2. The molecule has 1 aromatic rings. The van der Waals surface area contributed by atoms with Gasteiger partial charge in [0.05, 0.1) is 24.3 Å². The largest absolute Gasteiger partial charge is 0.462 e. The van der Waals surface area contributed by atoms with Gasteiger partial charge >= 0.3 is 11.9 Å². The van der Waals surface area contributed by atoms with Crippen LogP contribution in [0.15, 0.2) is 18.2 Å². The molecule has 0 aliphatic heterocycles. The predicted molar refractivity (Wildman–Crippen MR) is 107 cm³/mol. The van der Waals surface area contributed by atoms with E-state index in [1.54, 1.807) is 18.2 Å². The first-order valence-corrected chi connectivity index (χ1v) is 9.44. The molecule has 0 spiro atoms. The molecule has 27 heavy (non-hydrogen) atoms. The van der Waals surface area contributed by atoms with Crippen LogP contribution in [0.1, 0.15) is 59.9 Å². The summed E-state index contributed by atoms with van der Waals surface area (Å²) in [5.74, 6) is -0.831. The molecule has 152 valence electrons. The molecule has 1 aromatic carbocycles. The number of hydrogen-bond donors (Lipinski definition) is 1. The Morgan fingerprint density at radius 3 is 1.93 bits per heavy atom. The van der Waals surface area contributed by atoms with Gasteiger partial charge in [0.15, 0.2) is 0 Å². The summed E-state index contributed by atoms with van der Waals surface area (Å²) < 4.78 is 10.7. The van der Waals surface area contributed by atoms with Crippen molar-refractivity contribution in [1.82, 2.24) is 10.2 Å². The van der Waals surface area contributed by atoms with Gasteiger partial charge in [0, 0.05) is 6.54 Å². The molecule has 1 N–H and O–H groups in total. The first-order chi connectivity index (χ1) is 12.6. The predicted octanol–water partition coefficient (Wildman–Crippen LogP) is 2.86. The number of benzene rings is 1. The van der Waals surface area contributed by atoms with Crippen molar-refractivity contribution in [2.45, 2.75) is 39.0 Å². The second-order valence-corrected chi connectivity index (χ2v) is 7.93. The molecule has 0 saturated heterocycles. The summed E-state index contributed by atoms with van der Waals surface area (Å²) in [6.45, 7) is 8.42. The molecule has 0 heterocycles. The van der Waals surface area contributed by atoms with Crippen molar-refractivity contribution in [2.75, 3.05) is 47.4 Å². The molecule has 0 aliphatic rings. The zero-order valence-corrected chi connectivity index (χ0v) is 17.6. The molecule has 6 nitrogen and oxygen atoms in total. The number of rotatable bonds is 10. The third-order valence-corrected chi connectivity index (χ3v) is 4.06. The number of hydrogen-bond acceptors (Lipinski definition) is 6. The van der Waals surface area contributed by atoms with Crippen molar-refractivity contribution < 1.29 is 19.1 Å². The van der Waals surface area contributed by atoms with Crippen LogP contribution in [0.5, 0.6) is 0 Å². The molecule has 0 atom stereocenters. The Bertz CT molecular complexity index is 621. The van der Waals surface area contributed by atoms with Crippen molar-refractivity contribution in [2.24, 2.45) is 0 Å². The van der Waals surface area contributed by atoms with E-state index in [1.807, 2.05) is 46.8 Å². The maximum absolute atomic E-state index is 12.4. The fourth-order valence-electron chi connectivity index (χ4n) is 2.42. The molecule has 0 saturated carbocycles. The highest BCUT2D eigenvalue weighted by Gasteiger charge is 2.21. The van der Waals surface area contributed by atoms with Gasteiger partial charge in [-0.05, 0) is 69.7 Å². The van der Waals surface area contributed by atoms with Gasteiger partial charge in [0.25, 0.3) is 0 Å². The summed E-state index contributed by atoms with van der Waals surface area (Å²) in [7, 11) is 5.80. The van der Waals surface area contributed by atoms with Crippen LogP contribution in [0.3, 0.4) is 0 Å². The van der Waals surface area contributed by atoms with E-state index in [4.69, 9.17) is 9.47 Å². The van der Waals surface area contributed by atoms with Gasteiger partial charge in [-0.15, -0.1) is 0 Å². The minimum atomic E-state index is -0.418. The Labute approximate surface area is 163 Å². The Hall–Kier alpha value is -1.92. The third-order valence-electron chi connectivity index (χ3n) is 4.06. The van der Waals surface area contributed by atoms with Gasteiger partial charge in [0.2, 0.25) is 0 Å². The first-order valence-electron chi connectivity index (χ1n) is 9.44. The van der Waals surface area contributed by atoms with E-state index in [-0.39, 0.29) is 5.41 Å². The number of nitrogens with one attached hydrogen (secondary N) is 1. The normalized spacial score (nSPS) is 11.5. The van der Waals surface area contributed by atoms with Gasteiger partial charge < -0.3 is 19.7 Å². The summed E-state index contributed by atoms with van der Waals surface area (Å²) in [4.78, 5) is 26.9. The van der Waals surface area contributed by atoms with Crippen LogP contribution in [-0.2, 0) is 14.9 Å². The van der Waals surface area contributed by atoms with Gasteiger partial charge in [-0.3, -0.25) is 0 Å². The fraction of sp³-hybridized carbons (Fsp3) is 0.619. The number of nitrogens with zero attached hydrogens (tertiary/aromatic N) is 1. The smallest absolute Gasteiger partial charge is 0.338 e. The van der Waals surface area contributed by atoms with Crippen LogP contribution < -0.4 is 5.32 Å². The van der Waals surface area contributed by atoms with Crippen molar-refractivity contribution in [3.05, 3.63) is 34.9 Å². The van der Waals surface area contributed by atoms with E-state index >= 15 is 0 Å². The zero-order chi connectivity index (χ0) is 20.4. The van der Waals surface area contributed by atoms with E-state index in [0.717, 1.165) is 31.5 Å². The quantitative estimate of drug-likeness (QED) is 0.499. The minimum Gasteiger partial charge on any atom is -0.462 e. The van der Waals surface area contributed by atoms with Crippen LogP contribution in [0.2, 0.25) is 0 Å². The van der Waals surface area contributed by atoms with E-state index in [2.05, 4.69) is 5.32 Å². The number of carbonyl (C=O) groups is 2. The first kappa shape index (κ1) is 23.1. The maximum Gasteiger partial charge on any atom is 0.338 e. The average Bonchev–Trinajstić information content (AvgIpc) is 2.60. The van der Waals surface area contributed by atoms with Gasteiger partial charge in [-0.2, -0.15) is 0 Å². The highest BCUT2D eigenvalue weighted by atomic mass is 16.5. The molecular weight excluding hydrogens is 344 g/mol. The lowest BCUT2D eigenvalue weighted by Crippen LogP contribution is -2.18. The molecule has 0 aliphatic carbocycles. The van der Waals surface area contributed by atoms with Crippen LogP contribution in [-0.4, -0.2) is 64.3 Å². The zero-order valence-electron chi connectivity index (χ0n) is 17.6. The molecule has 6 heteroatoms. The maximum atomic E-state index is 12.4. The van der Waals surface area contributed by atoms with Gasteiger partial charge in [0.1, 0.15) is 0 Å². The minimum absolute atomic E-state index is 0.206. The molecule has 0 aromatic heterocycles. The fourth-order valence-corrected chi connectivity index (χ4v) is 2.42. The number of ether oxygens (including phenoxy) is 2. The van der Waals surface area contributed by atoms with E-state index < -0.39 is 11.9 Å². The molecule has 0 amide bonds. The lowest BCUT2D eigenvalue weighted by molar-refractivity contribution is 0.0492. The topological polar surface area (TPSA) is 67.9 Å². The monoisotopic (exact) mass is 378 g/mol. The lowest BCUT2D eigenvalue weighted by atomic mass is 9.85. The second kappa shape index (κ2) is 11.0. The van der Waals surface area contributed by atoms with E-state index in [1.165, 1.54) is 0 Å². The third kappa shape index (κ3) is 8.54. The van der Waals surface area contributed by atoms with Crippen molar-refractivity contribution in [3.8, 4) is 0 Å². The summed E-state index contributed by atoms with van der Waals surface area (Å²) >= 11 is 0. The van der Waals surface area contributed by atoms with Gasteiger partial charge in [-0.1, -0.05) is 20.8 Å². The van der Waals surface area contributed by atoms with E-state index in [9.17, 15) is 9.59 Å². The van der Waals surface area contributed by atoms with Crippen molar-refractivity contribution in [3.63, 3.8) is 0 Å². The Balaban J connectivity index is 2.90. The molecule has 0 unspecified atom stereocenters. The summed E-state index contributed by atoms with van der Waals surface area (Å²) in [6, 6.07) is 5.15. The van der Waals surface area contributed by atoms with Crippen molar-refractivity contribution in [1.29, 1.82) is 0 Å². The van der Waals surface area contributed by atoms with Crippen LogP contribution in [0, 0.1) is 0 Å². The highest BCUT2D eigenvalue weighted by Crippen LogP contribution is 2.25. The van der Waals surface area contributed by atoms with Crippen LogP contribution >= 0.6 is 0 Å². The standard InChI is InChI=1S/C21H34N2O4/c1-21(2,3)18-14-16(19(24)26-11-7-9-22-4)13-17(15-18)20(25)27-12-8-10-23(5)6/h13-15,22H,7-12H2,1-6H3. The SMILES string of the molecule is CNCCCOC(=O)c1cc(C(=O)OCCCN(C)C)cc(C(C)(C)C)c1. The Kier molecular flexibility index (Phi) is 9.46. The van der Waals surface area contributed by atoms with Crippen molar-refractivity contribution >= 4 is 11.9 Å². The molecular formula is C21H34N2O4. The molecule has 0 bridgehead atoms.